The molecule has 0 spiro atoms. The minimum absolute atomic E-state index is 0.0125. The van der Waals surface area contributed by atoms with Crippen molar-refractivity contribution in [3.63, 3.8) is 0 Å². The molecule has 0 radical (unpaired) electrons. The summed E-state index contributed by atoms with van der Waals surface area (Å²) in [6.07, 6.45) is -5.04. The van der Waals surface area contributed by atoms with Crippen molar-refractivity contribution >= 4 is 17.6 Å². The molecule has 1 rings (SSSR count). The summed E-state index contributed by atoms with van der Waals surface area (Å²) >= 11 is 5.51. The lowest BCUT2D eigenvalue weighted by Gasteiger charge is -2.12. The van der Waals surface area contributed by atoms with Gasteiger partial charge in [-0.15, -0.1) is 24.8 Å². The van der Waals surface area contributed by atoms with E-state index in [1.54, 1.807) is 0 Å². The maximum Gasteiger partial charge on any atom is 0.574 e. The number of pyridine rings is 1. The number of aromatic nitrogens is 1. The highest BCUT2D eigenvalue weighted by molar-refractivity contribution is 6.17. The predicted octanol–water partition coefficient (Wildman–Crippen LogP) is 2.60. The number of carbonyl (C=O) groups is 1. The van der Waals surface area contributed by atoms with Gasteiger partial charge in [0.25, 0.3) is 5.88 Å². The van der Waals surface area contributed by atoms with Crippen LogP contribution in [-0.2, 0) is 10.6 Å². The van der Waals surface area contributed by atoms with Gasteiger partial charge in [0.1, 0.15) is 0 Å². The van der Waals surface area contributed by atoms with Crippen LogP contribution in [0.5, 0.6) is 11.6 Å². The molecule has 0 bridgehead atoms. The molecule has 19 heavy (non-hydrogen) atoms. The van der Waals surface area contributed by atoms with Gasteiger partial charge in [0, 0.05) is 11.4 Å². The second-order valence-electron chi connectivity index (χ2n) is 3.22. The second kappa shape index (κ2) is 5.96. The number of ether oxygens (including phenoxy) is 2. The number of hydrogen-bond donors (Lipinski definition) is 1. The van der Waals surface area contributed by atoms with Gasteiger partial charge < -0.3 is 14.6 Å². The molecular weight excluding hydrogens is 291 g/mol. The highest BCUT2D eigenvalue weighted by atomic mass is 35.5. The Balaban J connectivity index is 3.21. The van der Waals surface area contributed by atoms with Crippen LogP contribution in [0, 0.1) is 0 Å². The van der Waals surface area contributed by atoms with Crippen LogP contribution in [0.4, 0.5) is 13.2 Å². The summed E-state index contributed by atoms with van der Waals surface area (Å²) in [7, 11) is 0. The molecule has 1 aromatic heterocycles. The van der Waals surface area contributed by atoms with Crippen molar-refractivity contribution in [3.05, 3.63) is 17.3 Å². The molecule has 9 heteroatoms. The molecule has 1 N–H and O–H groups in total. The molecule has 0 amide bonds. The minimum Gasteiger partial charge on any atom is -0.503 e. The van der Waals surface area contributed by atoms with Crippen LogP contribution in [0.25, 0.3) is 0 Å². The molecule has 0 saturated heterocycles. The first-order chi connectivity index (χ1) is 8.78. The summed E-state index contributed by atoms with van der Waals surface area (Å²) in [6, 6.07) is 0.868. The number of alkyl halides is 4. The van der Waals surface area contributed by atoms with Crippen LogP contribution < -0.4 is 4.74 Å². The summed E-state index contributed by atoms with van der Waals surface area (Å²) in [5, 5.41) is 9.32. The molecular formula is C10H9ClF3NO4. The smallest absolute Gasteiger partial charge is 0.503 e. The van der Waals surface area contributed by atoms with Crippen LogP contribution in [0.2, 0.25) is 0 Å². The van der Waals surface area contributed by atoms with Gasteiger partial charge in [0.05, 0.1) is 6.61 Å². The van der Waals surface area contributed by atoms with Gasteiger partial charge in [-0.25, -0.2) is 9.78 Å². The Morgan fingerprint density at radius 2 is 2.16 bits per heavy atom. The van der Waals surface area contributed by atoms with Crippen LogP contribution in [0.1, 0.15) is 23.0 Å². The molecule has 1 aromatic rings. The van der Waals surface area contributed by atoms with E-state index in [1.165, 1.54) is 6.92 Å². The monoisotopic (exact) mass is 299 g/mol. The molecule has 0 aliphatic carbocycles. The Bertz CT molecular complexity index is 479. The topological polar surface area (TPSA) is 68.7 Å². The van der Waals surface area contributed by atoms with E-state index in [4.69, 9.17) is 11.6 Å². The maximum atomic E-state index is 12.1. The number of hydrogen-bond acceptors (Lipinski definition) is 5. The van der Waals surface area contributed by atoms with Gasteiger partial charge in [-0.05, 0) is 13.0 Å². The van der Waals surface area contributed by atoms with Gasteiger partial charge in [0.15, 0.2) is 11.4 Å². The third kappa shape index (κ3) is 4.16. The van der Waals surface area contributed by atoms with Crippen molar-refractivity contribution in [1.29, 1.82) is 0 Å². The Labute approximate surface area is 110 Å². The lowest BCUT2D eigenvalue weighted by Crippen LogP contribution is -2.19. The number of carbonyl (C=O) groups excluding carboxylic acids is 1. The molecule has 0 aliphatic heterocycles. The summed E-state index contributed by atoms with van der Waals surface area (Å²) < 4.78 is 44.3. The van der Waals surface area contributed by atoms with Crippen molar-refractivity contribution in [2.24, 2.45) is 0 Å². The van der Waals surface area contributed by atoms with Gasteiger partial charge in [-0.3, -0.25) is 0 Å². The van der Waals surface area contributed by atoms with Crippen molar-refractivity contribution in [1.82, 2.24) is 4.98 Å². The van der Waals surface area contributed by atoms with Crippen LogP contribution in [0.3, 0.4) is 0 Å². The van der Waals surface area contributed by atoms with Crippen molar-refractivity contribution in [2.45, 2.75) is 19.2 Å². The van der Waals surface area contributed by atoms with E-state index in [0.717, 1.165) is 6.07 Å². The number of aromatic hydroxyl groups is 1. The molecule has 0 unspecified atom stereocenters. The third-order valence-corrected chi connectivity index (χ3v) is 2.16. The zero-order valence-electron chi connectivity index (χ0n) is 9.62. The largest absolute Gasteiger partial charge is 0.574 e. The standard InChI is InChI=1S/C10H9ClF3NO4/c1-2-18-9(17)7-5(4-11)3-6(16)8(15-7)19-10(12,13)14/h3,16H,2,4H2,1H3. The van der Waals surface area contributed by atoms with E-state index in [9.17, 15) is 23.1 Å². The van der Waals surface area contributed by atoms with Gasteiger partial charge in [-0.2, -0.15) is 0 Å². The van der Waals surface area contributed by atoms with Gasteiger partial charge in [0.2, 0.25) is 0 Å². The van der Waals surface area contributed by atoms with Gasteiger partial charge in [-0.1, -0.05) is 0 Å². The maximum absolute atomic E-state index is 12.1. The molecule has 0 fully saturated rings. The van der Waals surface area contributed by atoms with E-state index < -0.39 is 29.7 Å². The van der Waals surface area contributed by atoms with E-state index in [-0.39, 0.29) is 18.1 Å². The average molecular weight is 300 g/mol. The fourth-order valence-corrected chi connectivity index (χ4v) is 1.39. The molecule has 106 valence electrons. The van der Waals surface area contributed by atoms with Crippen LogP contribution >= 0.6 is 11.6 Å². The van der Waals surface area contributed by atoms with E-state index in [2.05, 4.69) is 14.5 Å². The quantitative estimate of drug-likeness (QED) is 0.683. The van der Waals surface area contributed by atoms with Crippen molar-refractivity contribution in [3.8, 4) is 11.6 Å². The Kier molecular flexibility index (Phi) is 4.82. The summed E-state index contributed by atoms with van der Waals surface area (Å²) in [5.74, 6) is -3.20. The molecule has 5 nitrogen and oxygen atoms in total. The molecule has 0 aliphatic rings. The SMILES string of the molecule is CCOC(=O)c1nc(OC(F)(F)F)c(O)cc1CCl. The summed E-state index contributed by atoms with van der Waals surface area (Å²) in [4.78, 5) is 14.8. The van der Waals surface area contributed by atoms with E-state index in [1.807, 2.05) is 0 Å². The first kappa shape index (κ1) is 15.4. The van der Waals surface area contributed by atoms with E-state index in [0.29, 0.717) is 0 Å². The first-order valence-electron chi connectivity index (χ1n) is 5.00. The number of nitrogens with zero attached hydrogens (tertiary/aromatic N) is 1. The predicted molar refractivity (Wildman–Crippen MR) is 58.1 cm³/mol. The summed E-state index contributed by atoms with van der Waals surface area (Å²) in [5.41, 5.74) is -0.402. The van der Waals surface area contributed by atoms with Crippen LogP contribution in [-0.4, -0.2) is 29.0 Å². The lowest BCUT2D eigenvalue weighted by atomic mass is 10.2. The van der Waals surface area contributed by atoms with Gasteiger partial charge >= 0.3 is 12.3 Å². The zero-order chi connectivity index (χ0) is 14.6. The van der Waals surface area contributed by atoms with Crippen molar-refractivity contribution in [2.75, 3.05) is 6.61 Å². The van der Waals surface area contributed by atoms with E-state index >= 15 is 0 Å². The molecule has 0 aromatic carbocycles. The fourth-order valence-electron chi connectivity index (χ4n) is 1.19. The average Bonchev–Trinajstić information content (AvgIpc) is 2.29. The Morgan fingerprint density at radius 3 is 2.63 bits per heavy atom. The van der Waals surface area contributed by atoms with Crippen LogP contribution in [0.15, 0.2) is 6.07 Å². The Hall–Kier alpha value is -1.70. The summed E-state index contributed by atoms with van der Waals surface area (Å²) in [6.45, 7) is 1.53. The van der Waals surface area contributed by atoms with Crippen molar-refractivity contribution < 1.29 is 32.5 Å². The second-order valence-corrected chi connectivity index (χ2v) is 3.49. The molecule has 0 saturated carbocycles. The first-order valence-corrected chi connectivity index (χ1v) is 5.53. The highest BCUT2D eigenvalue weighted by Crippen LogP contribution is 2.31. The molecule has 1 heterocycles. The third-order valence-electron chi connectivity index (χ3n) is 1.87. The fraction of sp³-hybridized carbons (Fsp3) is 0.400. The normalized spacial score (nSPS) is 11.2. The Morgan fingerprint density at radius 1 is 1.53 bits per heavy atom. The lowest BCUT2D eigenvalue weighted by molar-refractivity contribution is -0.276. The zero-order valence-corrected chi connectivity index (χ0v) is 10.4. The number of halogens is 4. The minimum atomic E-state index is -5.04. The molecule has 0 atom stereocenters. The number of esters is 1. The number of rotatable bonds is 4. The highest BCUT2D eigenvalue weighted by Gasteiger charge is 2.34.